The molecule has 0 atom stereocenters. The lowest BCUT2D eigenvalue weighted by Crippen LogP contribution is -2.15. The molecule has 20 heavy (non-hydrogen) atoms. The highest BCUT2D eigenvalue weighted by molar-refractivity contribution is 9.10. The molecule has 4 heteroatoms. The standard InChI is InChI=1S/C16H16BrNO2/c1-11-9-14(20-2)7-8-15(11)18-16(19)10-12-3-5-13(17)6-4-12/h3-9H,10H2,1-2H3,(H,18,19). The van der Waals surface area contributed by atoms with Crippen molar-refractivity contribution in [3.63, 3.8) is 0 Å². The molecular formula is C16H16BrNO2. The maximum atomic E-state index is 12.0. The van der Waals surface area contributed by atoms with Gasteiger partial charge in [0.1, 0.15) is 5.75 Å². The van der Waals surface area contributed by atoms with E-state index >= 15 is 0 Å². The zero-order valence-electron chi connectivity index (χ0n) is 11.4. The number of amides is 1. The Bertz CT molecular complexity index is 608. The van der Waals surface area contributed by atoms with Crippen LogP contribution in [0.2, 0.25) is 0 Å². The first kappa shape index (κ1) is 14.6. The molecule has 1 N–H and O–H groups in total. The van der Waals surface area contributed by atoms with Crippen molar-refractivity contribution in [3.8, 4) is 5.75 Å². The summed E-state index contributed by atoms with van der Waals surface area (Å²) in [5.74, 6) is 0.758. The van der Waals surface area contributed by atoms with Gasteiger partial charge >= 0.3 is 0 Å². The van der Waals surface area contributed by atoms with Gasteiger partial charge in [0, 0.05) is 10.2 Å². The minimum atomic E-state index is -0.0272. The number of anilines is 1. The van der Waals surface area contributed by atoms with Crippen LogP contribution in [0.25, 0.3) is 0 Å². The second-order valence-electron chi connectivity index (χ2n) is 4.53. The average Bonchev–Trinajstić information content (AvgIpc) is 2.43. The minimum Gasteiger partial charge on any atom is -0.497 e. The maximum Gasteiger partial charge on any atom is 0.228 e. The van der Waals surface area contributed by atoms with Gasteiger partial charge in [-0.05, 0) is 48.4 Å². The second-order valence-corrected chi connectivity index (χ2v) is 5.45. The van der Waals surface area contributed by atoms with Crippen LogP contribution in [-0.2, 0) is 11.2 Å². The van der Waals surface area contributed by atoms with E-state index in [1.165, 1.54) is 0 Å². The lowest BCUT2D eigenvalue weighted by atomic mass is 10.1. The van der Waals surface area contributed by atoms with Gasteiger partial charge in [-0.3, -0.25) is 4.79 Å². The van der Waals surface area contributed by atoms with E-state index < -0.39 is 0 Å². The molecule has 3 nitrogen and oxygen atoms in total. The molecule has 2 aromatic carbocycles. The molecule has 0 unspecified atom stereocenters. The van der Waals surface area contributed by atoms with Crippen molar-refractivity contribution >= 4 is 27.5 Å². The van der Waals surface area contributed by atoms with Crippen LogP contribution in [0.5, 0.6) is 5.75 Å². The summed E-state index contributed by atoms with van der Waals surface area (Å²) in [6.45, 7) is 1.94. The van der Waals surface area contributed by atoms with Crippen molar-refractivity contribution in [2.24, 2.45) is 0 Å². The number of carbonyl (C=O) groups is 1. The first-order valence-electron chi connectivity index (χ1n) is 6.27. The molecule has 0 saturated heterocycles. The summed E-state index contributed by atoms with van der Waals surface area (Å²) in [5, 5.41) is 2.92. The van der Waals surface area contributed by atoms with Crippen LogP contribution >= 0.6 is 15.9 Å². The molecule has 2 rings (SSSR count). The zero-order chi connectivity index (χ0) is 14.5. The molecule has 0 spiro atoms. The summed E-state index contributed by atoms with van der Waals surface area (Å²) < 4.78 is 6.15. The Balaban J connectivity index is 2.02. The molecular weight excluding hydrogens is 318 g/mol. The van der Waals surface area contributed by atoms with E-state index in [0.29, 0.717) is 6.42 Å². The van der Waals surface area contributed by atoms with Crippen LogP contribution in [0.15, 0.2) is 46.9 Å². The molecule has 0 aliphatic rings. The fourth-order valence-corrected chi connectivity index (χ4v) is 2.15. The number of rotatable bonds is 4. The summed E-state index contributed by atoms with van der Waals surface area (Å²) in [7, 11) is 1.63. The summed E-state index contributed by atoms with van der Waals surface area (Å²) in [5.41, 5.74) is 2.78. The van der Waals surface area contributed by atoms with Gasteiger partial charge in [-0.1, -0.05) is 28.1 Å². The van der Waals surface area contributed by atoms with Crippen molar-refractivity contribution < 1.29 is 9.53 Å². The van der Waals surface area contributed by atoms with Gasteiger partial charge in [0.25, 0.3) is 0 Å². The van der Waals surface area contributed by atoms with Crippen molar-refractivity contribution in [1.29, 1.82) is 0 Å². The van der Waals surface area contributed by atoms with Gasteiger partial charge in [0.05, 0.1) is 13.5 Å². The highest BCUT2D eigenvalue weighted by Crippen LogP contribution is 2.21. The molecule has 0 aromatic heterocycles. The maximum absolute atomic E-state index is 12.0. The predicted molar refractivity (Wildman–Crippen MR) is 84.2 cm³/mol. The average molecular weight is 334 g/mol. The van der Waals surface area contributed by atoms with E-state index in [1.807, 2.05) is 49.4 Å². The van der Waals surface area contributed by atoms with Crippen molar-refractivity contribution in [2.45, 2.75) is 13.3 Å². The molecule has 0 bridgehead atoms. The fraction of sp³-hybridized carbons (Fsp3) is 0.188. The number of halogens is 1. The lowest BCUT2D eigenvalue weighted by molar-refractivity contribution is -0.115. The van der Waals surface area contributed by atoms with Crippen LogP contribution in [0.3, 0.4) is 0 Å². The first-order valence-corrected chi connectivity index (χ1v) is 7.06. The van der Waals surface area contributed by atoms with E-state index in [2.05, 4.69) is 21.2 Å². The van der Waals surface area contributed by atoms with Crippen LogP contribution < -0.4 is 10.1 Å². The number of hydrogen-bond acceptors (Lipinski definition) is 2. The third-order valence-electron chi connectivity index (χ3n) is 2.99. The number of methoxy groups -OCH3 is 1. The normalized spacial score (nSPS) is 10.2. The van der Waals surface area contributed by atoms with Gasteiger partial charge in [0.2, 0.25) is 5.91 Å². The molecule has 2 aromatic rings. The van der Waals surface area contributed by atoms with Crippen LogP contribution in [-0.4, -0.2) is 13.0 Å². The SMILES string of the molecule is COc1ccc(NC(=O)Cc2ccc(Br)cc2)c(C)c1. The predicted octanol–water partition coefficient (Wildman–Crippen LogP) is 3.95. The molecule has 1 amide bonds. The molecule has 0 aliphatic heterocycles. The summed E-state index contributed by atoms with van der Waals surface area (Å²) in [4.78, 5) is 12.0. The van der Waals surface area contributed by atoms with E-state index in [-0.39, 0.29) is 5.91 Å². The molecule has 0 heterocycles. The highest BCUT2D eigenvalue weighted by atomic mass is 79.9. The lowest BCUT2D eigenvalue weighted by Gasteiger charge is -2.10. The Morgan fingerprint density at radius 3 is 2.50 bits per heavy atom. The Kier molecular flexibility index (Phi) is 4.79. The van der Waals surface area contributed by atoms with Crippen molar-refractivity contribution in [2.75, 3.05) is 12.4 Å². The minimum absolute atomic E-state index is 0.0272. The fourth-order valence-electron chi connectivity index (χ4n) is 1.89. The number of ether oxygens (including phenoxy) is 1. The number of carbonyl (C=O) groups excluding carboxylic acids is 1. The third kappa shape index (κ3) is 3.84. The number of benzene rings is 2. The van der Waals surface area contributed by atoms with Crippen LogP contribution in [0.1, 0.15) is 11.1 Å². The molecule has 0 saturated carbocycles. The number of nitrogens with one attached hydrogen (secondary N) is 1. The monoisotopic (exact) mass is 333 g/mol. The highest BCUT2D eigenvalue weighted by Gasteiger charge is 2.07. The van der Waals surface area contributed by atoms with E-state index in [4.69, 9.17) is 4.74 Å². The first-order chi connectivity index (χ1) is 9.58. The van der Waals surface area contributed by atoms with Crippen molar-refractivity contribution in [3.05, 3.63) is 58.1 Å². The number of aryl methyl sites for hydroxylation is 1. The van der Waals surface area contributed by atoms with E-state index in [1.54, 1.807) is 7.11 Å². The van der Waals surface area contributed by atoms with Crippen LogP contribution in [0, 0.1) is 6.92 Å². The van der Waals surface area contributed by atoms with Crippen LogP contribution in [0.4, 0.5) is 5.69 Å². The van der Waals surface area contributed by atoms with Gasteiger partial charge < -0.3 is 10.1 Å². The van der Waals surface area contributed by atoms with Gasteiger partial charge in [0.15, 0.2) is 0 Å². The van der Waals surface area contributed by atoms with Crippen molar-refractivity contribution in [1.82, 2.24) is 0 Å². The summed E-state index contributed by atoms with van der Waals surface area (Å²) in [6.07, 6.45) is 0.360. The summed E-state index contributed by atoms with van der Waals surface area (Å²) in [6, 6.07) is 13.3. The Morgan fingerprint density at radius 1 is 1.20 bits per heavy atom. The quantitative estimate of drug-likeness (QED) is 0.919. The molecule has 0 radical (unpaired) electrons. The van der Waals surface area contributed by atoms with E-state index in [9.17, 15) is 4.79 Å². The molecule has 0 fully saturated rings. The zero-order valence-corrected chi connectivity index (χ0v) is 13.0. The van der Waals surface area contributed by atoms with Gasteiger partial charge in [-0.25, -0.2) is 0 Å². The van der Waals surface area contributed by atoms with E-state index in [0.717, 1.165) is 27.0 Å². The largest absolute Gasteiger partial charge is 0.497 e. The smallest absolute Gasteiger partial charge is 0.228 e. The topological polar surface area (TPSA) is 38.3 Å². The second kappa shape index (κ2) is 6.57. The Labute approximate surface area is 127 Å². The van der Waals surface area contributed by atoms with Gasteiger partial charge in [-0.15, -0.1) is 0 Å². The number of hydrogen-bond donors (Lipinski definition) is 1. The molecule has 0 aliphatic carbocycles. The third-order valence-corrected chi connectivity index (χ3v) is 3.51. The summed E-state index contributed by atoms with van der Waals surface area (Å²) >= 11 is 3.38. The van der Waals surface area contributed by atoms with Gasteiger partial charge in [-0.2, -0.15) is 0 Å². The Hall–Kier alpha value is -1.81. The molecule has 104 valence electrons. The Morgan fingerprint density at radius 2 is 1.90 bits per heavy atom.